The number of halogens is 1. The zero-order valence-electron chi connectivity index (χ0n) is 11.9. The fourth-order valence-electron chi connectivity index (χ4n) is 2.11. The van der Waals surface area contributed by atoms with Crippen molar-refractivity contribution in [3.8, 4) is 0 Å². The van der Waals surface area contributed by atoms with Crippen LogP contribution in [0, 0.1) is 6.92 Å². The first-order valence-corrected chi connectivity index (χ1v) is 8.52. The van der Waals surface area contributed by atoms with E-state index >= 15 is 0 Å². The van der Waals surface area contributed by atoms with Crippen LogP contribution in [0.25, 0.3) is 5.52 Å². The highest BCUT2D eigenvalue weighted by Gasteiger charge is 2.09. The van der Waals surface area contributed by atoms with Gasteiger partial charge < -0.3 is 5.32 Å². The number of nitrogens with zero attached hydrogens (tertiary/aromatic N) is 2. The normalized spacial score (nSPS) is 10.8. The summed E-state index contributed by atoms with van der Waals surface area (Å²) < 4.78 is 2.98. The van der Waals surface area contributed by atoms with E-state index in [1.807, 2.05) is 53.9 Å². The number of hydrogen-bond acceptors (Lipinski definition) is 3. The van der Waals surface area contributed by atoms with Crippen LogP contribution in [0.1, 0.15) is 5.56 Å². The number of fused-ring (bicyclic) bond motifs is 1. The minimum Gasteiger partial charge on any atom is -0.325 e. The van der Waals surface area contributed by atoms with Crippen LogP contribution in [-0.2, 0) is 4.79 Å². The van der Waals surface area contributed by atoms with Gasteiger partial charge in [-0.15, -0.1) is 0 Å². The minimum absolute atomic E-state index is 0.0388. The number of carbonyl (C=O) groups is 1. The van der Waals surface area contributed by atoms with E-state index in [1.165, 1.54) is 11.8 Å². The van der Waals surface area contributed by atoms with E-state index in [2.05, 4.69) is 26.2 Å². The van der Waals surface area contributed by atoms with E-state index in [0.29, 0.717) is 5.75 Å². The topological polar surface area (TPSA) is 46.4 Å². The second-order valence-electron chi connectivity index (χ2n) is 4.83. The van der Waals surface area contributed by atoms with Crippen LogP contribution in [0.3, 0.4) is 0 Å². The SMILES string of the molecule is Cc1cc(Br)ccc1NC(=O)CSc1ncc2ccccn12. The second-order valence-corrected chi connectivity index (χ2v) is 6.69. The maximum absolute atomic E-state index is 12.1. The molecule has 6 heteroatoms. The number of hydrogen-bond donors (Lipinski definition) is 1. The lowest BCUT2D eigenvalue weighted by Gasteiger charge is -2.08. The molecular weight excluding hydrogens is 362 g/mol. The van der Waals surface area contributed by atoms with Crippen molar-refractivity contribution in [1.29, 1.82) is 0 Å². The molecule has 3 aromatic rings. The van der Waals surface area contributed by atoms with Gasteiger partial charge in [-0.2, -0.15) is 0 Å². The predicted molar refractivity (Wildman–Crippen MR) is 93.4 cm³/mol. The van der Waals surface area contributed by atoms with E-state index < -0.39 is 0 Å². The molecule has 1 amide bonds. The average Bonchev–Trinajstić information content (AvgIpc) is 2.91. The summed E-state index contributed by atoms with van der Waals surface area (Å²) >= 11 is 4.84. The molecule has 0 aliphatic heterocycles. The van der Waals surface area contributed by atoms with Crippen molar-refractivity contribution in [3.63, 3.8) is 0 Å². The van der Waals surface area contributed by atoms with E-state index in [4.69, 9.17) is 0 Å². The summed E-state index contributed by atoms with van der Waals surface area (Å²) in [6, 6.07) is 11.7. The van der Waals surface area contributed by atoms with Crippen LogP contribution >= 0.6 is 27.7 Å². The summed E-state index contributed by atoms with van der Waals surface area (Å²) in [5.41, 5.74) is 2.88. The Morgan fingerprint density at radius 1 is 1.36 bits per heavy atom. The average molecular weight is 376 g/mol. The highest BCUT2D eigenvalue weighted by molar-refractivity contribution is 9.10. The molecule has 1 aromatic carbocycles. The lowest BCUT2D eigenvalue weighted by molar-refractivity contribution is -0.113. The van der Waals surface area contributed by atoms with Crippen molar-refractivity contribution in [2.24, 2.45) is 0 Å². The van der Waals surface area contributed by atoms with Crippen LogP contribution in [-0.4, -0.2) is 21.0 Å². The summed E-state index contributed by atoms with van der Waals surface area (Å²) in [5, 5.41) is 3.75. The maximum Gasteiger partial charge on any atom is 0.234 e. The molecule has 2 heterocycles. The number of anilines is 1. The smallest absolute Gasteiger partial charge is 0.234 e. The Kier molecular flexibility index (Phi) is 4.49. The van der Waals surface area contributed by atoms with Crippen LogP contribution in [0.2, 0.25) is 0 Å². The zero-order chi connectivity index (χ0) is 15.5. The van der Waals surface area contributed by atoms with Crippen LogP contribution in [0.4, 0.5) is 5.69 Å². The molecule has 0 bridgehead atoms. The molecule has 0 spiro atoms. The molecule has 2 aromatic heterocycles. The Morgan fingerprint density at radius 2 is 2.23 bits per heavy atom. The Labute approximate surface area is 141 Å². The molecule has 0 saturated carbocycles. The molecule has 0 radical (unpaired) electrons. The molecule has 112 valence electrons. The van der Waals surface area contributed by atoms with E-state index in [1.54, 1.807) is 6.20 Å². The van der Waals surface area contributed by atoms with Crippen LogP contribution in [0.5, 0.6) is 0 Å². The molecule has 1 N–H and O–H groups in total. The van der Waals surface area contributed by atoms with Crippen molar-refractivity contribution >= 4 is 44.8 Å². The van der Waals surface area contributed by atoms with Gasteiger partial charge in [-0.1, -0.05) is 33.8 Å². The number of rotatable bonds is 4. The summed E-state index contributed by atoms with van der Waals surface area (Å²) in [6.45, 7) is 1.97. The number of amides is 1. The monoisotopic (exact) mass is 375 g/mol. The zero-order valence-corrected chi connectivity index (χ0v) is 14.3. The highest BCUT2D eigenvalue weighted by Crippen LogP contribution is 2.22. The van der Waals surface area contributed by atoms with Gasteiger partial charge in [0.1, 0.15) is 0 Å². The van der Waals surface area contributed by atoms with E-state index in [9.17, 15) is 4.79 Å². The number of nitrogens with one attached hydrogen (secondary N) is 1. The molecule has 0 fully saturated rings. The fraction of sp³-hybridized carbons (Fsp3) is 0.125. The maximum atomic E-state index is 12.1. The molecule has 0 unspecified atom stereocenters. The lowest BCUT2D eigenvalue weighted by Crippen LogP contribution is -2.15. The molecule has 0 saturated heterocycles. The number of aromatic nitrogens is 2. The van der Waals surface area contributed by atoms with E-state index in [-0.39, 0.29) is 5.91 Å². The van der Waals surface area contributed by atoms with Gasteiger partial charge in [-0.3, -0.25) is 9.20 Å². The molecule has 22 heavy (non-hydrogen) atoms. The Morgan fingerprint density at radius 3 is 3.05 bits per heavy atom. The number of imidazole rings is 1. The summed E-state index contributed by atoms with van der Waals surface area (Å²) in [6.07, 6.45) is 3.75. The third-order valence-electron chi connectivity index (χ3n) is 3.20. The quantitative estimate of drug-likeness (QED) is 0.697. The van der Waals surface area contributed by atoms with Gasteiger partial charge in [-0.05, 0) is 42.8 Å². The lowest BCUT2D eigenvalue weighted by atomic mass is 10.2. The predicted octanol–water partition coefficient (Wildman–Crippen LogP) is 4.14. The van der Waals surface area contributed by atoms with Gasteiger partial charge in [0, 0.05) is 16.4 Å². The number of aryl methyl sites for hydroxylation is 1. The number of thioether (sulfide) groups is 1. The number of benzene rings is 1. The first kappa shape index (κ1) is 15.1. The first-order chi connectivity index (χ1) is 10.6. The van der Waals surface area contributed by atoms with Gasteiger partial charge in [0.15, 0.2) is 5.16 Å². The van der Waals surface area contributed by atoms with Gasteiger partial charge in [0.05, 0.1) is 17.5 Å². The van der Waals surface area contributed by atoms with E-state index in [0.717, 1.165) is 26.4 Å². The van der Waals surface area contributed by atoms with Crippen molar-refractivity contribution < 1.29 is 4.79 Å². The van der Waals surface area contributed by atoms with Gasteiger partial charge in [0.25, 0.3) is 0 Å². The Bertz CT molecular complexity index is 831. The Hall–Kier alpha value is -1.79. The summed E-state index contributed by atoms with van der Waals surface area (Å²) in [5.74, 6) is 0.284. The molecular formula is C16H14BrN3OS. The molecule has 0 aliphatic rings. The standard InChI is InChI=1S/C16H14BrN3OS/c1-11-8-12(17)5-6-14(11)19-15(21)10-22-16-18-9-13-4-2-3-7-20(13)16/h2-9H,10H2,1H3,(H,19,21). The largest absolute Gasteiger partial charge is 0.325 e. The van der Waals surface area contributed by atoms with Crippen molar-refractivity contribution in [2.45, 2.75) is 12.1 Å². The van der Waals surface area contributed by atoms with Crippen molar-refractivity contribution in [3.05, 3.63) is 58.8 Å². The second kappa shape index (κ2) is 6.54. The number of carbonyl (C=O) groups excluding carboxylic acids is 1. The summed E-state index contributed by atoms with van der Waals surface area (Å²) in [7, 11) is 0. The Balaban J connectivity index is 1.65. The van der Waals surface area contributed by atoms with Gasteiger partial charge in [-0.25, -0.2) is 4.98 Å². The molecule has 0 atom stereocenters. The van der Waals surface area contributed by atoms with Gasteiger partial charge in [0.2, 0.25) is 5.91 Å². The van der Waals surface area contributed by atoms with Crippen molar-refractivity contribution in [2.75, 3.05) is 11.1 Å². The third kappa shape index (κ3) is 3.34. The van der Waals surface area contributed by atoms with Crippen LogP contribution in [0.15, 0.2) is 58.4 Å². The van der Waals surface area contributed by atoms with Gasteiger partial charge >= 0.3 is 0 Å². The van der Waals surface area contributed by atoms with Crippen molar-refractivity contribution in [1.82, 2.24) is 9.38 Å². The molecule has 3 rings (SSSR count). The molecule has 4 nitrogen and oxygen atoms in total. The highest BCUT2D eigenvalue weighted by atomic mass is 79.9. The number of pyridine rings is 1. The summed E-state index contributed by atoms with van der Waals surface area (Å²) in [4.78, 5) is 16.4. The van der Waals surface area contributed by atoms with Crippen LogP contribution < -0.4 is 5.32 Å². The fourth-order valence-corrected chi connectivity index (χ4v) is 3.35. The first-order valence-electron chi connectivity index (χ1n) is 6.74. The minimum atomic E-state index is -0.0388. The molecule has 0 aliphatic carbocycles. The third-order valence-corrected chi connectivity index (χ3v) is 4.66.